The van der Waals surface area contributed by atoms with Crippen LogP contribution in [0, 0.1) is 0 Å². The average Bonchev–Trinajstić information content (AvgIpc) is 2.37. The van der Waals surface area contributed by atoms with Crippen LogP contribution in [-0.2, 0) is 0 Å². The molecule has 0 aliphatic heterocycles. The van der Waals surface area contributed by atoms with E-state index in [4.69, 9.17) is 21.1 Å². The third-order valence-electron chi connectivity index (χ3n) is 2.49. The number of methoxy groups -OCH3 is 2. The summed E-state index contributed by atoms with van der Waals surface area (Å²) in [6.45, 7) is 0. The van der Waals surface area contributed by atoms with Gasteiger partial charge in [0.25, 0.3) is 5.56 Å². The molecule has 7 heteroatoms. The van der Waals surface area contributed by atoms with Crippen LogP contribution in [0.15, 0.2) is 33.9 Å². The van der Waals surface area contributed by atoms with Crippen molar-refractivity contribution in [2.24, 2.45) is 0 Å². The number of nitrogens with one attached hydrogen (secondary N) is 1. The highest BCUT2D eigenvalue weighted by atomic mass is 35.5. The van der Waals surface area contributed by atoms with Crippen LogP contribution >= 0.6 is 11.6 Å². The van der Waals surface area contributed by atoms with Crippen molar-refractivity contribution in [2.45, 2.75) is 0 Å². The van der Waals surface area contributed by atoms with E-state index in [9.17, 15) is 9.59 Å². The Balaban J connectivity index is 2.72. The minimum absolute atomic E-state index is 0.0129. The molecule has 2 aromatic rings. The van der Waals surface area contributed by atoms with Crippen LogP contribution in [-0.4, -0.2) is 23.8 Å². The summed E-state index contributed by atoms with van der Waals surface area (Å²) in [4.78, 5) is 26.0. The first-order valence-electron chi connectivity index (χ1n) is 5.30. The smallest absolute Gasteiger partial charge is 0.334 e. The summed E-state index contributed by atoms with van der Waals surface area (Å²) >= 11 is 5.61. The molecule has 1 aromatic heterocycles. The fraction of sp³-hybridized carbons (Fsp3) is 0.167. The highest BCUT2D eigenvalue weighted by molar-refractivity contribution is 6.29. The molecule has 0 amide bonds. The Morgan fingerprint density at radius 2 is 1.63 bits per heavy atom. The van der Waals surface area contributed by atoms with Crippen molar-refractivity contribution in [1.29, 1.82) is 0 Å². The van der Waals surface area contributed by atoms with Crippen LogP contribution in [0.25, 0.3) is 5.69 Å². The zero-order valence-corrected chi connectivity index (χ0v) is 11.0. The number of aromatic nitrogens is 2. The molecule has 6 nitrogen and oxygen atoms in total. The van der Waals surface area contributed by atoms with E-state index in [1.807, 2.05) is 0 Å². The largest absolute Gasteiger partial charge is 0.497 e. The van der Waals surface area contributed by atoms with Crippen molar-refractivity contribution in [1.82, 2.24) is 9.55 Å². The van der Waals surface area contributed by atoms with Crippen molar-refractivity contribution in [2.75, 3.05) is 14.2 Å². The topological polar surface area (TPSA) is 73.3 Å². The maximum atomic E-state index is 11.8. The van der Waals surface area contributed by atoms with Gasteiger partial charge < -0.3 is 9.47 Å². The van der Waals surface area contributed by atoms with E-state index in [1.54, 1.807) is 18.2 Å². The molecule has 0 radical (unpaired) electrons. The summed E-state index contributed by atoms with van der Waals surface area (Å²) in [6, 6.07) is 5.85. The zero-order chi connectivity index (χ0) is 14.0. The Hall–Kier alpha value is -2.21. The quantitative estimate of drug-likeness (QED) is 0.859. The fourth-order valence-electron chi connectivity index (χ4n) is 1.63. The highest BCUT2D eigenvalue weighted by Gasteiger charge is 2.09. The second kappa shape index (κ2) is 5.19. The summed E-state index contributed by atoms with van der Waals surface area (Å²) in [5.74, 6) is 0.936. The molecule has 0 spiro atoms. The van der Waals surface area contributed by atoms with Crippen LogP contribution in [0.1, 0.15) is 0 Å². The van der Waals surface area contributed by atoms with Gasteiger partial charge in [-0.25, -0.2) is 9.36 Å². The molecule has 1 heterocycles. The van der Waals surface area contributed by atoms with Crippen molar-refractivity contribution < 1.29 is 9.47 Å². The van der Waals surface area contributed by atoms with Gasteiger partial charge in [-0.3, -0.25) is 9.78 Å². The second-order valence-corrected chi connectivity index (χ2v) is 4.07. The fourth-order valence-corrected chi connectivity index (χ4v) is 1.81. The Kier molecular flexibility index (Phi) is 3.62. The lowest BCUT2D eigenvalue weighted by atomic mass is 10.2. The number of halogens is 1. The van der Waals surface area contributed by atoms with Crippen LogP contribution < -0.4 is 20.7 Å². The molecule has 0 fully saturated rings. The molecule has 0 aliphatic carbocycles. The number of rotatable bonds is 3. The predicted molar refractivity (Wildman–Crippen MR) is 70.8 cm³/mol. The number of hydrogen-bond donors (Lipinski definition) is 1. The molecule has 1 N–H and O–H groups in total. The molecule has 2 rings (SSSR count). The van der Waals surface area contributed by atoms with Gasteiger partial charge in [-0.1, -0.05) is 11.6 Å². The second-order valence-electron chi connectivity index (χ2n) is 3.67. The summed E-state index contributed by atoms with van der Waals surface area (Å²) in [6.07, 6.45) is 0. The lowest BCUT2D eigenvalue weighted by Crippen LogP contribution is -2.32. The molecule has 100 valence electrons. The molecule has 0 saturated carbocycles. The maximum absolute atomic E-state index is 11.8. The van der Waals surface area contributed by atoms with Gasteiger partial charge in [0.1, 0.15) is 16.7 Å². The summed E-state index contributed by atoms with van der Waals surface area (Å²) in [5, 5.41) is -0.0129. The first-order chi connectivity index (χ1) is 9.05. The average molecular weight is 283 g/mol. The summed E-state index contributed by atoms with van der Waals surface area (Å²) in [5.41, 5.74) is -0.837. The van der Waals surface area contributed by atoms with Gasteiger partial charge in [0.05, 0.1) is 19.9 Å². The van der Waals surface area contributed by atoms with Gasteiger partial charge in [-0.2, -0.15) is 0 Å². The first-order valence-corrected chi connectivity index (χ1v) is 5.68. The van der Waals surface area contributed by atoms with Crippen LogP contribution in [0.3, 0.4) is 0 Å². The Bertz CT molecular complexity index is 667. The van der Waals surface area contributed by atoms with Gasteiger partial charge >= 0.3 is 5.69 Å². The lowest BCUT2D eigenvalue weighted by molar-refractivity contribution is 0.394. The molecule has 1 aromatic carbocycles. The number of H-pyrrole nitrogens is 1. The molecular weight excluding hydrogens is 272 g/mol. The van der Waals surface area contributed by atoms with Gasteiger partial charge in [0, 0.05) is 24.3 Å². The minimum atomic E-state index is -0.632. The molecule has 0 atom stereocenters. The molecule has 19 heavy (non-hydrogen) atoms. The third-order valence-corrected chi connectivity index (χ3v) is 2.70. The Morgan fingerprint density at radius 3 is 2.11 bits per heavy atom. The third kappa shape index (κ3) is 2.63. The predicted octanol–water partition coefficient (Wildman–Crippen LogP) is 1.20. The first kappa shape index (κ1) is 13.2. The van der Waals surface area contributed by atoms with Gasteiger partial charge in [0.15, 0.2) is 0 Å². The SMILES string of the molecule is COc1cc(OC)cc(-n2c(=O)cc(Cl)[nH]c2=O)c1. The molecule has 0 unspecified atom stereocenters. The van der Waals surface area contributed by atoms with E-state index in [-0.39, 0.29) is 5.15 Å². The van der Waals surface area contributed by atoms with Crippen molar-refractivity contribution in [3.8, 4) is 17.2 Å². The lowest BCUT2D eigenvalue weighted by Gasteiger charge is -2.09. The Labute approximate surface area is 113 Å². The molecule has 0 saturated heterocycles. The number of aromatic amines is 1. The van der Waals surface area contributed by atoms with Crippen LogP contribution in [0.5, 0.6) is 11.5 Å². The number of nitrogens with zero attached hydrogens (tertiary/aromatic N) is 1. The summed E-state index contributed by atoms with van der Waals surface area (Å²) < 4.78 is 11.1. The highest BCUT2D eigenvalue weighted by Crippen LogP contribution is 2.23. The van der Waals surface area contributed by atoms with Gasteiger partial charge in [-0.15, -0.1) is 0 Å². The van der Waals surface area contributed by atoms with E-state index in [2.05, 4.69) is 4.98 Å². The maximum Gasteiger partial charge on any atom is 0.334 e. The normalized spacial score (nSPS) is 10.3. The van der Waals surface area contributed by atoms with Crippen molar-refractivity contribution >= 4 is 11.6 Å². The summed E-state index contributed by atoms with van der Waals surface area (Å²) in [7, 11) is 2.96. The van der Waals surface area contributed by atoms with Gasteiger partial charge in [0.2, 0.25) is 0 Å². The zero-order valence-electron chi connectivity index (χ0n) is 10.3. The van der Waals surface area contributed by atoms with E-state index >= 15 is 0 Å². The Morgan fingerprint density at radius 1 is 1.05 bits per heavy atom. The minimum Gasteiger partial charge on any atom is -0.497 e. The number of ether oxygens (including phenoxy) is 2. The van der Waals surface area contributed by atoms with E-state index < -0.39 is 11.2 Å². The standard InChI is InChI=1S/C12H11ClN2O4/c1-18-8-3-7(4-9(5-8)19-2)15-11(16)6-10(13)14-12(15)17/h3-6H,1-2H3,(H,14,17). The van der Waals surface area contributed by atoms with Crippen LogP contribution in [0.2, 0.25) is 5.15 Å². The number of benzene rings is 1. The van der Waals surface area contributed by atoms with E-state index in [0.717, 1.165) is 10.6 Å². The molecule has 0 aliphatic rings. The van der Waals surface area contributed by atoms with E-state index in [0.29, 0.717) is 17.2 Å². The van der Waals surface area contributed by atoms with Crippen molar-refractivity contribution in [3.63, 3.8) is 0 Å². The number of hydrogen-bond acceptors (Lipinski definition) is 4. The van der Waals surface area contributed by atoms with Crippen molar-refractivity contribution in [3.05, 3.63) is 50.3 Å². The van der Waals surface area contributed by atoms with Crippen LogP contribution in [0.4, 0.5) is 0 Å². The van der Waals surface area contributed by atoms with E-state index in [1.165, 1.54) is 14.2 Å². The molecule has 0 bridgehead atoms. The monoisotopic (exact) mass is 282 g/mol. The molecular formula is C12H11ClN2O4. The van der Waals surface area contributed by atoms with Gasteiger partial charge in [-0.05, 0) is 0 Å².